The van der Waals surface area contributed by atoms with Crippen molar-refractivity contribution in [2.45, 2.75) is 13.0 Å². The maximum absolute atomic E-state index is 10.2. The van der Waals surface area contributed by atoms with Gasteiger partial charge in [-0.3, -0.25) is 10.2 Å². The largest absolute Gasteiger partial charge is 0.320 e. The van der Waals surface area contributed by atoms with E-state index in [1.807, 2.05) is 5.43 Å². The first-order chi connectivity index (χ1) is 3.18. The van der Waals surface area contributed by atoms with Crippen LogP contribution in [0.25, 0.3) is 0 Å². The minimum atomic E-state index is -0.509. The molecule has 0 spiro atoms. The number of rotatable bonds is 1. The lowest BCUT2D eigenvalue weighted by atomic mass is 10.4. The highest BCUT2D eigenvalue weighted by Gasteiger charge is 2.01. The summed E-state index contributed by atoms with van der Waals surface area (Å²) in [6, 6.07) is -0.509. The first-order valence-corrected chi connectivity index (χ1v) is 1.94. The molecule has 0 fully saturated rings. The predicted molar refractivity (Wildman–Crippen MR) is 33.2 cm³/mol. The Kier molecular flexibility index (Phi) is 6.41. The summed E-state index contributed by atoms with van der Waals surface area (Å²) in [4.78, 5) is 10.2. The summed E-state index contributed by atoms with van der Waals surface area (Å²) in [6.45, 7) is 1.56. The SMILES string of the molecule is CC(N)C(=O)NN.Cl. The van der Waals surface area contributed by atoms with Crippen molar-refractivity contribution in [1.82, 2.24) is 5.43 Å². The highest BCUT2D eigenvalue weighted by molar-refractivity contribution is 5.85. The second-order valence-electron chi connectivity index (χ2n) is 1.30. The van der Waals surface area contributed by atoms with Crippen LogP contribution in [0.1, 0.15) is 6.92 Å². The third-order valence-corrected chi connectivity index (χ3v) is 0.556. The molecule has 1 atom stereocenters. The zero-order valence-electron chi connectivity index (χ0n) is 4.55. The Morgan fingerprint density at radius 1 is 1.75 bits per heavy atom. The van der Waals surface area contributed by atoms with E-state index in [1.54, 1.807) is 6.92 Å². The van der Waals surface area contributed by atoms with E-state index in [9.17, 15) is 4.79 Å². The van der Waals surface area contributed by atoms with E-state index in [4.69, 9.17) is 11.6 Å². The number of carbonyl (C=O) groups is 1. The first-order valence-electron chi connectivity index (χ1n) is 1.94. The summed E-state index contributed by atoms with van der Waals surface area (Å²) in [5, 5.41) is 0. The number of nitrogens with one attached hydrogen (secondary N) is 1. The van der Waals surface area contributed by atoms with Crippen LogP contribution in [0, 0.1) is 0 Å². The molecule has 0 rings (SSSR count). The molecule has 50 valence electrons. The summed E-state index contributed by atoms with van der Waals surface area (Å²) >= 11 is 0. The average Bonchev–Trinajstić information content (AvgIpc) is 1.65. The van der Waals surface area contributed by atoms with Crippen molar-refractivity contribution in [2.75, 3.05) is 0 Å². The summed E-state index contributed by atoms with van der Waals surface area (Å²) in [6.07, 6.45) is 0. The summed E-state index contributed by atoms with van der Waals surface area (Å²) < 4.78 is 0. The van der Waals surface area contributed by atoms with Crippen molar-refractivity contribution < 1.29 is 4.79 Å². The summed E-state index contributed by atoms with van der Waals surface area (Å²) in [5.74, 6) is 4.35. The highest BCUT2D eigenvalue weighted by atomic mass is 35.5. The lowest BCUT2D eigenvalue weighted by Crippen LogP contribution is -2.41. The van der Waals surface area contributed by atoms with E-state index in [1.165, 1.54) is 0 Å². The van der Waals surface area contributed by atoms with Crippen LogP contribution >= 0.6 is 12.4 Å². The molecular weight excluding hydrogens is 130 g/mol. The van der Waals surface area contributed by atoms with Gasteiger partial charge in [0.2, 0.25) is 5.91 Å². The van der Waals surface area contributed by atoms with Gasteiger partial charge in [-0.25, -0.2) is 5.84 Å². The van der Waals surface area contributed by atoms with Crippen molar-refractivity contribution in [3.63, 3.8) is 0 Å². The minimum Gasteiger partial charge on any atom is -0.320 e. The molecule has 0 aliphatic rings. The van der Waals surface area contributed by atoms with Crippen LogP contribution in [0.2, 0.25) is 0 Å². The Bertz CT molecular complexity index is 74.9. The lowest BCUT2D eigenvalue weighted by Gasteiger charge is -1.98. The number of carbonyl (C=O) groups excluding carboxylic acids is 1. The second kappa shape index (κ2) is 4.83. The Balaban J connectivity index is 0. The fourth-order valence-electron chi connectivity index (χ4n) is 0.131. The van der Waals surface area contributed by atoms with E-state index >= 15 is 0 Å². The van der Waals surface area contributed by atoms with Gasteiger partial charge in [0.25, 0.3) is 0 Å². The summed E-state index contributed by atoms with van der Waals surface area (Å²) in [7, 11) is 0. The van der Waals surface area contributed by atoms with Gasteiger partial charge in [-0.1, -0.05) is 0 Å². The van der Waals surface area contributed by atoms with E-state index in [0.717, 1.165) is 0 Å². The molecule has 1 amide bonds. The van der Waals surface area contributed by atoms with Gasteiger partial charge in [-0.05, 0) is 6.92 Å². The van der Waals surface area contributed by atoms with Crippen LogP contribution in [0.15, 0.2) is 0 Å². The normalized spacial score (nSPS) is 11.4. The van der Waals surface area contributed by atoms with Gasteiger partial charge < -0.3 is 5.73 Å². The minimum absolute atomic E-state index is 0. The van der Waals surface area contributed by atoms with Gasteiger partial charge in [0.05, 0.1) is 6.04 Å². The van der Waals surface area contributed by atoms with Crippen LogP contribution in [0.4, 0.5) is 0 Å². The van der Waals surface area contributed by atoms with Gasteiger partial charge in [0.1, 0.15) is 0 Å². The maximum Gasteiger partial charge on any atom is 0.250 e. The van der Waals surface area contributed by atoms with E-state index in [0.29, 0.717) is 0 Å². The zero-order chi connectivity index (χ0) is 5.86. The molecule has 0 aromatic carbocycles. The Morgan fingerprint density at radius 3 is 2.12 bits per heavy atom. The smallest absolute Gasteiger partial charge is 0.250 e. The third kappa shape index (κ3) is 3.86. The van der Waals surface area contributed by atoms with Crippen molar-refractivity contribution in [1.29, 1.82) is 0 Å². The number of hydrogen-bond acceptors (Lipinski definition) is 3. The number of nitrogens with two attached hydrogens (primary N) is 2. The second-order valence-corrected chi connectivity index (χ2v) is 1.30. The molecule has 0 heterocycles. The molecule has 5 N–H and O–H groups in total. The van der Waals surface area contributed by atoms with Crippen molar-refractivity contribution in [2.24, 2.45) is 11.6 Å². The van der Waals surface area contributed by atoms with Gasteiger partial charge in [0.15, 0.2) is 0 Å². The molecule has 8 heavy (non-hydrogen) atoms. The van der Waals surface area contributed by atoms with Crippen molar-refractivity contribution in [3.05, 3.63) is 0 Å². The van der Waals surface area contributed by atoms with Gasteiger partial charge >= 0.3 is 0 Å². The van der Waals surface area contributed by atoms with E-state index < -0.39 is 6.04 Å². The predicted octanol–water partition coefficient (Wildman–Crippen LogP) is -1.25. The topological polar surface area (TPSA) is 81.1 Å². The van der Waals surface area contributed by atoms with Gasteiger partial charge in [-0.2, -0.15) is 0 Å². The molecule has 4 nitrogen and oxygen atoms in total. The van der Waals surface area contributed by atoms with Crippen molar-refractivity contribution in [3.8, 4) is 0 Å². The fourth-order valence-corrected chi connectivity index (χ4v) is 0.131. The molecule has 0 aliphatic carbocycles. The van der Waals surface area contributed by atoms with E-state index in [2.05, 4.69) is 0 Å². The van der Waals surface area contributed by atoms with Gasteiger partial charge in [0, 0.05) is 0 Å². The molecule has 0 aromatic rings. The van der Waals surface area contributed by atoms with Crippen LogP contribution in [0.3, 0.4) is 0 Å². The molecule has 0 saturated heterocycles. The number of halogens is 1. The van der Waals surface area contributed by atoms with E-state index in [-0.39, 0.29) is 18.3 Å². The molecule has 0 radical (unpaired) electrons. The number of hydrogen-bond donors (Lipinski definition) is 3. The Labute approximate surface area is 54.0 Å². The highest BCUT2D eigenvalue weighted by Crippen LogP contribution is 1.67. The molecule has 0 aromatic heterocycles. The van der Waals surface area contributed by atoms with Crippen LogP contribution in [-0.2, 0) is 4.79 Å². The molecule has 0 saturated carbocycles. The Morgan fingerprint density at radius 2 is 2.12 bits per heavy atom. The fraction of sp³-hybridized carbons (Fsp3) is 0.667. The first kappa shape index (κ1) is 10.6. The monoisotopic (exact) mass is 139 g/mol. The number of hydrazine groups is 1. The van der Waals surface area contributed by atoms with Crippen LogP contribution < -0.4 is 17.0 Å². The maximum atomic E-state index is 10.2. The lowest BCUT2D eigenvalue weighted by molar-refractivity contribution is -0.122. The Hall–Kier alpha value is -0.320. The van der Waals surface area contributed by atoms with Gasteiger partial charge in [-0.15, -0.1) is 12.4 Å². The quantitative estimate of drug-likeness (QED) is 0.241. The molecule has 5 heteroatoms. The van der Waals surface area contributed by atoms with Crippen LogP contribution in [-0.4, -0.2) is 11.9 Å². The molecule has 0 bridgehead atoms. The molecule has 0 aliphatic heterocycles. The molecular formula is C3H10ClN3O. The van der Waals surface area contributed by atoms with Crippen molar-refractivity contribution >= 4 is 18.3 Å². The average molecular weight is 140 g/mol. The number of amides is 1. The standard InChI is InChI=1S/C3H9N3O.ClH/c1-2(4)3(7)6-5;/h2H,4-5H2,1H3,(H,6,7);1H. The third-order valence-electron chi connectivity index (χ3n) is 0.556. The zero-order valence-corrected chi connectivity index (χ0v) is 5.37. The summed E-state index contributed by atoms with van der Waals surface area (Å²) in [5.41, 5.74) is 6.95. The van der Waals surface area contributed by atoms with Crippen LogP contribution in [0.5, 0.6) is 0 Å². The molecule has 1 unspecified atom stereocenters.